The second-order valence-electron chi connectivity index (χ2n) is 15.8. The number of para-hydroxylation sites is 2. The predicted octanol–water partition coefficient (Wildman–Crippen LogP) is 15.0. The minimum absolute atomic E-state index is 0.572. The summed E-state index contributed by atoms with van der Waals surface area (Å²) in [5.41, 5.74) is 13.0. The van der Waals surface area contributed by atoms with Crippen LogP contribution in [0.25, 0.3) is 137 Å². The van der Waals surface area contributed by atoms with Crippen molar-refractivity contribution in [3.8, 4) is 62.1 Å². The summed E-state index contributed by atoms with van der Waals surface area (Å²) in [4.78, 5) is 15.6. The zero-order chi connectivity index (χ0) is 39.8. The molecule has 0 aliphatic heterocycles. The van der Waals surface area contributed by atoms with Gasteiger partial charge in [-0.05, 0) is 75.5 Å². The van der Waals surface area contributed by atoms with Gasteiger partial charge in [0.1, 0.15) is 11.2 Å². The molecule has 4 heterocycles. The van der Waals surface area contributed by atoms with Crippen molar-refractivity contribution in [2.75, 3.05) is 0 Å². The highest BCUT2D eigenvalue weighted by atomic mass is 32.1. The maximum absolute atomic E-state index is 6.51. The predicted molar refractivity (Wildman–Crippen MR) is 253 cm³/mol. The number of hydrogen-bond acceptors (Lipinski definition) is 5. The van der Waals surface area contributed by atoms with Gasteiger partial charge in [0.25, 0.3) is 0 Å². The van der Waals surface area contributed by atoms with Crippen LogP contribution in [0.3, 0.4) is 0 Å². The van der Waals surface area contributed by atoms with Gasteiger partial charge in [0.2, 0.25) is 0 Å². The zero-order valence-corrected chi connectivity index (χ0v) is 33.2. The molecule has 14 rings (SSSR count). The molecule has 0 atom stereocenters. The van der Waals surface area contributed by atoms with Crippen molar-refractivity contribution in [2.45, 2.75) is 0 Å². The van der Waals surface area contributed by atoms with Crippen LogP contribution in [-0.2, 0) is 0 Å². The molecule has 6 heteroatoms. The van der Waals surface area contributed by atoms with Crippen molar-refractivity contribution < 1.29 is 4.42 Å². The van der Waals surface area contributed by atoms with Crippen molar-refractivity contribution in [3.63, 3.8) is 0 Å². The molecule has 0 amide bonds. The fraction of sp³-hybridized carbons (Fsp3) is 0. The molecule has 1 aliphatic carbocycles. The number of fused-ring (bicyclic) bond motifs is 9. The molecule has 4 aromatic heterocycles. The quantitative estimate of drug-likeness (QED) is 0.178. The van der Waals surface area contributed by atoms with E-state index in [0.717, 1.165) is 49.0 Å². The van der Waals surface area contributed by atoms with Gasteiger partial charge >= 0.3 is 0 Å². The first-order valence-electron chi connectivity index (χ1n) is 20.5. The lowest BCUT2D eigenvalue weighted by atomic mass is 9.93. The van der Waals surface area contributed by atoms with Crippen LogP contribution in [0.4, 0.5) is 0 Å². The highest BCUT2D eigenvalue weighted by Crippen LogP contribution is 2.51. The molecule has 0 spiro atoms. The standard InChI is InChI=1S/C55H30N4OS/c1-2-13-32(14-3-1)53-56-54(40-23-9-21-38-35-18-6-7-27-45(35)60-51(38)40)58-55(57-53)41-24-10-22-39-48-42(26-12-28-46(48)61-52(39)41)59-43-25-11-20-37-34-17-5-4-16-33(34)36-19-8-15-31-29-30-44(59)50(47(31)36)49(37)43/h1-30H. The van der Waals surface area contributed by atoms with E-state index >= 15 is 0 Å². The Hall–Kier alpha value is -7.93. The highest BCUT2D eigenvalue weighted by Gasteiger charge is 2.26. The Morgan fingerprint density at radius 1 is 0.393 bits per heavy atom. The normalized spacial score (nSPS) is 12.3. The van der Waals surface area contributed by atoms with Crippen LogP contribution in [0.2, 0.25) is 0 Å². The first-order chi connectivity index (χ1) is 30.3. The first kappa shape index (κ1) is 33.0. The molecule has 9 aromatic carbocycles. The van der Waals surface area contributed by atoms with Crippen LogP contribution in [0.15, 0.2) is 186 Å². The third kappa shape index (κ3) is 4.57. The Kier molecular flexibility index (Phi) is 6.65. The number of hydrogen-bond donors (Lipinski definition) is 0. The maximum Gasteiger partial charge on any atom is 0.167 e. The summed E-state index contributed by atoms with van der Waals surface area (Å²) < 4.78 is 11.3. The van der Waals surface area contributed by atoms with Crippen LogP contribution in [0, 0.1) is 0 Å². The minimum Gasteiger partial charge on any atom is -0.455 e. The van der Waals surface area contributed by atoms with Gasteiger partial charge in [0, 0.05) is 52.8 Å². The number of aromatic nitrogens is 4. The molecule has 1 aliphatic rings. The van der Waals surface area contributed by atoms with Crippen LogP contribution in [-0.4, -0.2) is 19.5 Å². The van der Waals surface area contributed by atoms with Gasteiger partial charge in [0.15, 0.2) is 17.5 Å². The van der Waals surface area contributed by atoms with Crippen molar-refractivity contribution in [3.05, 3.63) is 182 Å². The number of rotatable bonds is 4. The highest BCUT2D eigenvalue weighted by molar-refractivity contribution is 7.26. The van der Waals surface area contributed by atoms with E-state index in [1.54, 1.807) is 11.3 Å². The number of benzene rings is 9. The molecule has 0 N–H and O–H groups in total. The SMILES string of the molecule is c1ccc(-c2nc(-c3cccc4c3oc3ccccc34)nc(-c3cccc4c3sc3cccc(-n5c6cccc7c6c6c8c(cccc8ccc65)-c5ccccc5-7)c34)n2)cc1. The van der Waals surface area contributed by atoms with E-state index in [1.165, 1.54) is 70.3 Å². The van der Waals surface area contributed by atoms with E-state index in [0.29, 0.717) is 17.5 Å². The third-order valence-corrected chi connectivity index (χ3v) is 13.8. The molecule has 5 nitrogen and oxygen atoms in total. The molecule has 61 heavy (non-hydrogen) atoms. The van der Waals surface area contributed by atoms with Crippen LogP contribution >= 0.6 is 11.3 Å². The van der Waals surface area contributed by atoms with Crippen molar-refractivity contribution >= 4 is 86.0 Å². The number of thiophene rings is 1. The van der Waals surface area contributed by atoms with Crippen molar-refractivity contribution in [2.24, 2.45) is 0 Å². The Labute approximate surface area is 352 Å². The monoisotopic (exact) mass is 794 g/mol. The second kappa shape index (κ2) is 12.3. The maximum atomic E-state index is 6.51. The molecular weight excluding hydrogens is 765 g/mol. The summed E-state index contributed by atoms with van der Waals surface area (Å²) in [7, 11) is 0. The van der Waals surface area contributed by atoms with Gasteiger partial charge < -0.3 is 8.98 Å². The smallest absolute Gasteiger partial charge is 0.167 e. The molecule has 0 unspecified atom stereocenters. The van der Waals surface area contributed by atoms with Crippen molar-refractivity contribution in [1.82, 2.24) is 19.5 Å². The zero-order valence-electron chi connectivity index (χ0n) is 32.4. The fourth-order valence-electron chi connectivity index (χ4n) is 10.0. The minimum atomic E-state index is 0.572. The van der Waals surface area contributed by atoms with Crippen LogP contribution in [0.5, 0.6) is 0 Å². The molecular formula is C55H30N4OS. The summed E-state index contributed by atoms with van der Waals surface area (Å²) in [5.74, 6) is 1.81. The number of nitrogens with zero attached hydrogens (tertiary/aromatic N) is 4. The lowest BCUT2D eigenvalue weighted by molar-refractivity contribution is 0.669. The molecule has 0 bridgehead atoms. The van der Waals surface area contributed by atoms with Gasteiger partial charge in [-0.1, -0.05) is 140 Å². The summed E-state index contributed by atoms with van der Waals surface area (Å²) in [6, 6.07) is 64.8. The van der Waals surface area contributed by atoms with Gasteiger partial charge in [-0.15, -0.1) is 11.3 Å². The Morgan fingerprint density at radius 2 is 1.02 bits per heavy atom. The summed E-state index contributed by atoms with van der Waals surface area (Å²) in [6.07, 6.45) is 0. The third-order valence-electron chi connectivity index (χ3n) is 12.6. The molecule has 0 radical (unpaired) electrons. The molecule has 0 saturated carbocycles. The van der Waals surface area contributed by atoms with Gasteiger partial charge in [-0.25, -0.2) is 15.0 Å². The number of furan rings is 1. The van der Waals surface area contributed by atoms with E-state index in [4.69, 9.17) is 19.4 Å². The average Bonchev–Trinajstić information content (AvgIpc) is 3.99. The summed E-state index contributed by atoms with van der Waals surface area (Å²) in [6.45, 7) is 0. The van der Waals surface area contributed by atoms with Crippen LogP contribution in [0.1, 0.15) is 0 Å². The van der Waals surface area contributed by atoms with E-state index in [2.05, 4.69) is 144 Å². The lowest BCUT2D eigenvalue weighted by Crippen LogP contribution is -2.00. The molecule has 0 saturated heterocycles. The van der Waals surface area contributed by atoms with Gasteiger partial charge in [-0.2, -0.15) is 0 Å². The second-order valence-corrected chi connectivity index (χ2v) is 16.9. The van der Waals surface area contributed by atoms with E-state index in [9.17, 15) is 0 Å². The molecule has 282 valence electrons. The average molecular weight is 795 g/mol. The summed E-state index contributed by atoms with van der Waals surface area (Å²) in [5, 5.41) is 9.64. The summed E-state index contributed by atoms with van der Waals surface area (Å²) >= 11 is 1.79. The first-order valence-corrected chi connectivity index (χ1v) is 21.3. The molecule has 13 aromatic rings. The molecule has 0 fully saturated rings. The van der Waals surface area contributed by atoms with Gasteiger partial charge in [-0.3, -0.25) is 0 Å². The largest absolute Gasteiger partial charge is 0.455 e. The van der Waals surface area contributed by atoms with Crippen molar-refractivity contribution in [1.29, 1.82) is 0 Å². The van der Waals surface area contributed by atoms with Gasteiger partial charge in [0.05, 0.1) is 22.3 Å². The van der Waals surface area contributed by atoms with E-state index < -0.39 is 0 Å². The fourth-order valence-corrected chi connectivity index (χ4v) is 11.3. The Morgan fingerprint density at radius 3 is 1.89 bits per heavy atom. The van der Waals surface area contributed by atoms with E-state index in [-0.39, 0.29) is 0 Å². The topological polar surface area (TPSA) is 56.7 Å². The van der Waals surface area contributed by atoms with Crippen LogP contribution < -0.4 is 0 Å². The Balaban J connectivity index is 1.04. The lowest BCUT2D eigenvalue weighted by Gasteiger charge is -2.14. The Bertz CT molecular complexity index is 4010. The van der Waals surface area contributed by atoms with E-state index in [1.807, 2.05) is 42.5 Å².